The fraction of sp³-hybridized carbons (Fsp3) is 0.143. The molecular weight excluding hydrogens is 410 g/mol. The van der Waals surface area contributed by atoms with Gasteiger partial charge in [-0.3, -0.25) is 9.48 Å². The molecule has 0 fully saturated rings. The Morgan fingerprint density at radius 3 is 2.30 bits per heavy atom. The Balaban J connectivity index is 1.56. The molecule has 0 aliphatic rings. The molecule has 0 unspecified atom stereocenters. The molecule has 1 aromatic heterocycles. The molecule has 0 bridgehead atoms. The number of benzene rings is 3. The number of ether oxygens (including phenoxy) is 1. The van der Waals surface area contributed by atoms with Gasteiger partial charge in [0.05, 0.1) is 12.1 Å². The summed E-state index contributed by atoms with van der Waals surface area (Å²) in [5, 5.41) is 4.77. The zero-order chi connectivity index (χ0) is 23.0. The van der Waals surface area contributed by atoms with Gasteiger partial charge in [-0.05, 0) is 23.3 Å². The van der Waals surface area contributed by atoms with Gasteiger partial charge in [0.1, 0.15) is 18.1 Å². The molecule has 1 heterocycles. The lowest BCUT2D eigenvalue weighted by Crippen LogP contribution is -2.26. The monoisotopic (exact) mass is 437 g/mol. The minimum Gasteiger partial charge on any atom is -0.490 e. The SMILES string of the molecule is C=CCOc1ccc(CN(C)C(=O)c2cn(Cc3ccccc3)nc2-c2ccccc2)cc1. The van der Waals surface area contributed by atoms with Gasteiger partial charge in [-0.2, -0.15) is 5.10 Å². The van der Waals surface area contributed by atoms with Gasteiger partial charge in [-0.15, -0.1) is 0 Å². The number of carbonyl (C=O) groups excluding carboxylic acids is 1. The molecule has 0 saturated heterocycles. The average molecular weight is 438 g/mol. The summed E-state index contributed by atoms with van der Waals surface area (Å²) in [6.07, 6.45) is 3.56. The van der Waals surface area contributed by atoms with Crippen molar-refractivity contribution in [2.75, 3.05) is 13.7 Å². The first-order valence-corrected chi connectivity index (χ1v) is 10.9. The van der Waals surface area contributed by atoms with Crippen molar-refractivity contribution < 1.29 is 9.53 Å². The number of hydrogen-bond donors (Lipinski definition) is 0. The second-order valence-electron chi connectivity index (χ2n) is 7.85. The van der Waals surface area contributed by atoms with Gasteiger partial charge in [0.15, 0.2) is 0 Å². The molecule has 4 rings (SSSR count). The Morgan fingerprint density at radius 2 is 1.64 bits per heavy atom. The zero-order valence-electron chi connectivity index (χ0n) is 18.7. The third kappa shape index (κ3) is 5.57. The predicted molar refractivity (Wildman–Crippen MR) is 131 cm³/mol. The lowest BCUT2D eigenvalue weighted by Gasteiger charge is -2.17. The Labute approximate surface area is 194 Å². The van der Waals surface area contributed by atoms with Gasteiger partial charge in [0, 0.05) is 25.4 Å². The van der Waals surface area contributed by atoms with Crippen LogP contribution in [0.5, 0.6) is 5.75 Å². The number of hydrogen-bond acceptors (Lipinski definition) is 3. The van der Waals surface area contributed by atoms with Gasteiger partial charge >= 0.3 is 0 Å². The Kier molecular flexibility index (Phi) is 7.00. The summed E-state index contributed by atoms with van der Waals surface area (Å²) < 4.78 is 7.38. The highest BCUT2D eigenvalue weighted by Crippen LogP contribution is 2.24. The number of nitrogens with zero attached hydrogens (tertiary/aromatic N) is 3. The van der Waals surface area contributed by atoms with E-state index in [1.807, 2.05) is 90.7 Å². The zero-order valence-corrected chi connectivity index (χ0v) is 18.7. The fourth-order valence-corrected chi connectivity index (χ4v) is 3.64. The largest absolute Gasteiger partial charge is 0.490 e. The molecule has 4 aromatic rings. The lowest BCUT2D eigenvalue weighted by molar-refractivity contribution is 0.0785. The van der Waals surface area contributed by atoms with Gasteiger partial charge in [0.2, 0.25) is 0 Å². The molecule has 0 saturated carbocycles. The van der Waals surface area contributed by atoms with Crippen LogP contribution in [0.2, 0.25) is 0 Å². The first-order valence-electron chi connectivity index (χ1n) is 10.9. The van der Waals surface area contributed by atoms with Crippen LogP contribution in [0.1, 0.15) is 21.5 Å². The van der Waals surface area contributed by atoms with Crippen LogP contribution < -0.4 is 4.74 Å². The first kappa shape index (κ1) is 22.1. The summed E-state index contributed by atoms with van der Waals surface area (Å²) in [7, 11) is 1.81. The maximum Gasteiger partial charge on any atom is 0.257 e. The molecule has 5 nitrogen and oxygen atoms in total. The molecule has 0 N–H and O–H groups in total. The van der Waals surface area contributed by atoms with Crippen LogP contribution in [0, 0.1) is 0 Å². The second-order valence-corrected chi connectivity index (χ2v) is 7.85. The Hall–Kier alpha value is -4.12. The summed E-state index contributed by atoms with van der Waals surface area (Å²) in [6, 6.07) is 27.7. The smallest absolute Gasteiger partial charge is 0.257 e. The van der Waals surface area contributed by atoms with E-state index in [1.54, 1.807) is 11.0 Å². The van der Waals surface area contributed by atoms with Gasteiger partial charge in [-0.1, -0.05) is 85.5 Å². The van der Waals surface area contributed by atoms with Crippen molar-refractivity contribution in [3.63, 3.8) is 0 Å². The van der Waals surface area contributed by atoms with Crippen LogP contribution in [-0.2, 0) is 13.1 Å². The molecule has 0 aliphatic heterocycles. The van der Waals surface area contributed by atoms with Crippen LogP contribution >= 0.6 is 0 Å². The van der Waals surface area contributed by atoms with Gasteiger partial charge < -0.3 is 9.64 Å². The standard InChI is InChI=1S/C28H27N3O2/c1-3-18-33-25-16-14-23(15-17-25)19-30(2)28(32)26-21-31(20-22-10-6-4-7-11-22)29-27(26)24-12-8-5-9-13-24/h3-17,21H,1,18-20H2,2H3. The van der Waals surface area contributed by atoms with E-state index in [-0.39, 0.29) is 5.91 Å². The van der Waals surface area contributed by atoms with E-state index in [0.29, 0.717) is 31.0 Å². The van der Waals surface area contributed by atoms with Crippen LogP contribution in [0.25, 0.3) is 11.3 Å². The summed E-state index contributed by atoms with van der Waals surface area (Å²) >= 11 is 0. The fourth-order valence-electron chi connectivity index (χ4n) is 3.64. The van der Waals surface area contributed by atoms with E-state index in [2.05, 4.69) is 18.7 Å². The minimum atomic E-state index is -0.0693. The van der Waals surface area contributed by atoms with E-state index in [0.717, 1.165) is 22.4 Å². The van der Waals surface area contributed by atoms with E-state index in [4.69, 9.17) is 9.84 Å². The maximum atomic E-state index is 13.5. The van der Waals surface area contributed by atoms with Crippen molar-refractivity contribution in [3.05, 3.63) is 120 Å². The molecule has 0 atom stereocenters. The molecule has 3 aromatic carbocycles. The molecule has 0 aliphatic carbocycles. The van der Waals surface area contributed by atoms with E-state index >= 15 is 0 Å². The molecule has 1 amide bonds. The molecular formula is C28H27N3O2. The van der Waals surface area contributed by atoms with Crippen molar-refractivity contribution in [2.45, 2.75) is 13.1 Å². The molecule has 0 radical (unpaired) electrons. The van der Waals surface area contributed by atoms with E-state index < -0.39 is 0 Å². The molecule has 5 heteroatoms. The highest BCUT2D eigenvalue weighted by molar-refractivity contribution is 5.99. The van der Waals surface area contributed by atoms with Crippen LogP contribution in [0.15, 0.2) is 104 Å². The van der Waals surface area contributed by atoms with Crippen LogP contribution in [0.3, 0.4) is 0 Å². The summed E-state index contributed by atoms with van der Waals surface area (Å²) in [5.74, 6) is 0.710. The topological polar surface area (TPSA) is 47.4 Å². The quantitative estimate of drug-likeness (QED) is 0.328. The first-order chi connectivity index (χ1) is 16.1. The summed E-state index contributed by atoms with van der Waals surface area (Å²) in [6.45, 7) is 5.21. The van der Waals surface area contributed by atoms with Crippen molar-refractivity contribution in [3.8, 4) is 17.0 Å². The Morgan fingerprint density at radius 1 is 0.970 bits per heavy atom. The molecule has 0 spiro atoms. The van der Waals surface area contributed by atoms with Crippen molar-refractivity contribution >= 4 is 5.91 Å². The van der Waals surface area contributed by atoms with Crippen LogP contribution in [-0.4, -0.2) is 34.2 Å². The van der Waals surface area contributed by atoms with Crippen LogP contribution in [0.4, 0.5) is 0 Å². The van der Waals surface area contributed by atoms with Gasteiger partial charge in [0.25, 0.3) is 5.91 Å². The lowest BCUT2D eigenvalue weighted by atomic mass is 10.1. The minimum absolute atomic E-state index is 0.0693. The highest BCUT2D eigenvalue weighted by atomic mass is 16.5. The highest BCUT2D eigenvalue weighted by Gasteiger charge is 2.21. The van der Waals surface area contributed by atoms with E-state index in [9.17, 15) is 4.79 Å². The number of aromatic nitrogens is 2. The summed E-state index contributed by atoms with van der Waals surface area (Å²) in [4.78, 5) is 15.2. The third-order valence-corrected chi connectivity index (χ3v) is 5.28. The second kappa shape index (κ2) is 10.5. The Bertz CT molecular complexity index is 1200. The normalized spacial score (nSPS) is 10.6. The van der Waals surface area contributed by atoms with Crippen molar-refractivity contribution in [2.24, 2.45) is 0 Å². The average Bonchev–Trinajstić information content (AvgIpc) is 3.28. The van der Waals surface area contributed by atoms with Crippen molar-refractivity contribution in [1.29, 1.82) is 0 Å². The number of rotatable bonds is 9. The molecule has 166 valence electrons. The summed E-state index contributed by atoms with van der Waals surface area (Å²) in [5.41, 5.74) is 4.35. The van der Waals surface area contributed by atoms with Gasteiger partial charge in [-0.25, -0.2) is 0 Å². The molecule has 33 heavy (non-hydrogen) atoms. The van der Waals surface area contributed by atoms with Crippen molar-refractivity contribution in [1.82, 2.24) is 14.7 Å². The number of amides is 1. The predicted octanol–water partition coefficient (Wildman–Crippen LogP) is 5.44. The van der Waals surface area contributed by atoms with E-state index in [1.165, 1.54) is 0 Å². The third-order valence-electron chi connectivity index (χ3n) is 5.28. The number of carbonyl (C=O) groups is 1. The maximum absolute atomic E-state index is 13.5.